The molecule has 0 bridgehead atoms. The first kappa shape index (κ1) is 31.9. The van der Waals surface area contributed by atoms with E-state index < -0.39 is 29.7 Å². The lowest BCUT2D eigenvalue weighted by molar-refractivity contribution is -0.274. The summed E-state index contributed by atoms with van der Waals surface area (Å²) in [4.78, 5) is 17.1. The highest BCUT2D eigenvalue weighted by Crippen LogP contribution is 2.38. The van der Waals surface area contributed by atoms with E-state index in [1.807, 2.05) is 66.7 Å². The van der Waals surface area contributed by atoms with Crippen molar-refractivity contribution < 1.29 is 45.7 Å². The largest absolute Gasteiger partial charge is 0.573 e. The van der Waals surface area contributed by atoms with E-state index in [9.17, 15) is 22.4 Å². The molecule has 0 aliphatic carbocycles. The van der Waals surface area contributed by atoms with Gasteiger partial charge < -0.3 is 23.4 Å². The predicted molar refractivity (Wildman–Crippen MR) is 168 cm³/mol. The van der Waals surface area contributed by atoms with Crippen LogP contribution in [0, 0.1) is 5.82 Å². The van der Waals surface area contributed by atoms with Crippen LogP contribution in [-0.4, -0.2) is 17.4 Å². The van der Waals surface area contributed by atoms with E-state index in [1.165, 1.54) is 6.26 Å². The van der Waals surface area contributed by atoms with Gasteiger partial charge in [-0.1, -0.05) is 66.7 Å². The zero-order valence-corrected chi connectivity index (χ0v) is 25.0. The highest BCUT2D eigenvalue weighted by molar-refractivity contribution is 5.96. The van der Waals surface area contributed by atoms with Crippen LogP contribution in [0.15, 0.2) is 120 Å². The minimum Gasteiger partial charge on any atom is -0.473 e. The number of aromatic nitrogens is 1. The maximum absolute atomic E-state index is 14.2. The monoisotopic (exact) mass is 658 g/mol. The molecule has 0 atom stereocenters. The first-order chi connectivity index (χ1) is 23.2. The Morgan fingerprint density at radius 2 is 1.46 bits per heavy atom. The average molecular weight is 659 g/mol. The number of nitrogens with one attached hydrogen (secondary N) is 1. The molecule has 0 unspecified atom stereocenters. The maximum Gasteiger partial charge on any atom is 0.573 e. The molecule has 0 saturated carbocycles. The lowest BCUT2D eigenvalue weighted by Crippen LogP contribution is -2.18. The van der Waals surface area contributed by atoms with Gasteiger partial charge in [-0.25, -0.2) is 9.18 Å². The van der Waals surface area contributed by atoms with Crippen molar-refractivity contribution in [2.45, 2.75) is 26.2 Å². The third-order valence-corrected chi connectivity index (χ3v) is 7.05. The number of anilines is 1. The zero-order chi connectivity index (χ0) is 33.5. The number of halogens is 4. The number of benzene rings is 4. The Labute approximate surface area is 271 Å². The summed E-state index contributed by atoms with van der Waals surface area (Å²) in [5, 5.41) is 2.72. The summed E-state index contributed by atoms with van der Waals surface area (Å²) in [5.74, 6) is -1.00. The smallest absolute Gasteiger partial charge is 0.473 e. The highest BCUT2D eigenvalue weighted by atomic mass is 19.4. The van der Waals surface area contributed by atoms with E-state index in [1.54, 1.807) is 24.3 Å². The van der Waals surface area contributed by atoms with Crippen LogP contribution in [0.2, 0.25) is 0 Å². The number of hydrogen-bond donors (Lipinski definition) is 1. The Bertz CT molecular complexity index is 2020. The van der Waals surface area contributed by atoms with Gasteiger partial charge in [0.05, 0.1) is 12.0 Å². The number of ether oxygens (including phenoxy) is 4. The SMILES string of the molecule is O=C(Nc1cc(OC(F)(F)F)ccc1F)OCc1ccc(-c2ccc(OCc3ccccc3)nc2OCc2ccccc2)c2occc12. The van der Waals surface area contributed by atoms with Crippen LogP contribution in [0.3, 0.4) is 0 Å². The summed E-state index contributed by atoms with van der Waals surface area (Å²) in [5.41, 5.74) is 3.66. The molecule has 12 heteroatoms. The molecule has 2 aromatic heterocycles. The summed E-state index contributed by atoms with van der Waals surface area (Å²) < 4.78 is 78.9. The van der Waals surface area contributed by atoms with Crippen LogP contribution in [0.25, 0.3) is 22.1 Å². The fraction of sp³-hybridized carbons (Fsp3) is 0.111. The molecule has 8 nitrogen and oxygen atoms in total. The number of fused-ring (bicyclic) bond motifs is 1. The molecule has 1 amide bonds. The van der Waals surface area contributed by atoms with Gasteiger partial charge in [-0.2, -0.15) is 4.98 Å². The second kappa shape index (κ2) is 14.2. The second-order valence-electron chi connectivity index (χ2n) is 10.4. The minimum absolute atomic E-state index is 0.247. The number of carbonyl (C=O) groups is 1. The summed E-state index contributed by atoms with van der Waals surface area (Å²) in [7, 11) is 0. The molecule has 0 aliphatic heterocycles. The molecule has 0 radical (unpaired) electrons. The van der Waals surface area contributed by atoms with Gasteiger partial charge in [-0.3, -0.25) is 5.32 Å². The Morgan fingerprint density at radius 1 is 0.771 bits per heavy atom. The standard InChI is InChI=1S/C36H26F4N2O6/c37-30-15-12-26(48-36(38,39)40)19-31(30)41-35(43)47-22-25-11-13-28(33-27(25)17-18-44-33)29-14-16-32(45-20-23-7-3-1-4-8-23)42-34(29)46-21-24-9-5-2-6-10-24/h1-19H,20-22H2,(H,41,43). The summed E-state index contributed by atoms with van der Waals surface area (Å²) in [6.07, 6.45) is -4.60. The van der Waals surface area contributed by atoms with Gasteiger partial charge in [0.1, 0.15) is 37.0 Å². The van der Waals surface area contributed by atoms with Crippen LogP contribution in [-0.2, 0) is 24.6 Å². The molecular weight excluding hydrogens is 632 g/mol. The van der Waals surface area contributed by atoms with Crippen molar-refractivity contribution in [1.82, 2.24) is 4.98 Å². The number of hydrogen-bond acceptors (Lipinski definition) is 7. The van der Waals surface area contributed by atoms with E-state index in [0.717, 1.165) is 23.3 Å². The van der Waals surface area contributed by atoms with E-state index in [0.29, 0.717) is 52.1 Å². The number of furan rings is 1. The Morgan fingerprint density at radius 3 is 2.17 bits per heavy atom. The predicted octanol–water partition coefficient (Wildman–Crippen LogP) is 9.44. The molecule has 0 aliphatic rings. The number of nitrogens with zero attached hydrogens (tertiary/aromatic N) is 1. The average Bonchev–Trinajstić information content (AvgIpc) is 3.58. The first-order valence-corrected chi connectivity index (χ1v) is 14.5. The van der Waals surface area contributed by atoms with E-state index >= 15 is 0 Å². The van der Waals surface area contributed by atoms with Gasteiger partial charge >= 0.3 is 12.5 Å². The van der Waals surface area contributed by atoms with E-state index in [2.05, 4.69) is 15.0 Å². The normalized spacial score (nSPS) is 11.2. The molecule has 0 spiro atoms. The third kappa shape index (κ3) is 8.02. The van der Waals surface area contributed by atoms with Crippen LogP contribution < -0.4 is 19.5 Å². The molecule has 0 fully saturated rings. The molecule has 6 rings (SSSR count). The summed E-state index contributed by atoms with van der Waals surface area (Å²) in [6, 6.07) is 30.3. The number of rotatable bonds is 11. The Balaban J connectivity index is 1.21. The molecule has 4 aromatic carbocycles. The fourth-order valence-corrected chi connectivity index (χ4v) is 4.82. The van der Waals surface area contributed by atoms with Gasteiger partial charge in [-0.15, -0.1) is 13.2 Å². The zero-order valence-electron chi connectivity index (χ0n) is 25.0. The van der Waals surface area contributed by atoms with Crippen LogP contribution in [0.5, 0.6) is 17.5 Å². The Hall–Kier alpha value is -6.04. The molecule has 2 heterocycles. The van der Waals surface area contributed by atoms with Crippen LogP contribution in [0.1, 0.15) is 16.7 Å². The number of amides is 1. The van der Waals surface area contributed by atoms with E-state index in [4.69, 9.17) is 18.6 Å². The topological polar surface area (TPSA) is 92.1 Å². The van der Waals surface area contributed by atoms with Gasteiger partial charge in [0.15, 0.2) is 0 Å². The number of pyridine rings is 1. The highest BCUT2D eigenvalue weighted by Gasteiger charge is 2.31. The van der Waals surface area contributed by atoms with Gasteiger partial charge in [0.2, 0.25) is 11.8 Å². The third-order valence-electron chi connectivity index (χ3n) is 7.05. The van der Waals surface area contributed by atoms with Crippen molar-refractivity contribution in [2.75, 3.05) is 5.32 Å². The molecule has 0 saturated heterocycles. The van der Waals surface area contributed by atoms with Crippen molar-refractivity contribution in [3.05, 3.63) is 138 Å². The summed E-state index contributed by atoms with van der Waals surface area (Å²) >= 11 is 0. The van der Waals surface area contributed by atoms with Crippen LogP contribution >= 0.6 is 0 Å². The lowest BCUT2D eigenvalue weighted by Gasteiger charge is -2.15. The molecule has 48 heavy (non-hydrogen) atoms. The van der Waals surface area contributed by atoms with Gasteiger partial charge in [0.25, 0.3) is 0 Å². The lowest BCUT2D eigenvalue weighted by atomic mass is 10.0. The van der Waals surface area contributed by atoms with Crippen molar-refractivity contribution >= 4 is 22.7 Å². The number of carbonyl (C=O) groups excluding carboxylic acids is 1. The van der Waals surface area contributed by atoms with Gasteiger partial charge in [-0.05, 0) is 41.5 Å². The molecule has 1 N–H and O–H groups in total. The first-order valence-electron chi connectivity index (χ1n) is 14.5. The van der Waals surface area contributed by atoms with Crippen molar-refractivity contribution in [3.8, 4) is 28.6 Å². The number of alkyl halides is 3. The van der Waals surface area contributed by atoms with Crippen molar-refractivity contribution in [2.24, 2.45) is 0 Å². The fourth-order valence-electron chi connectivity index (χ4n) is 4.82. The Kier molecular flexibility index (Phi) is 9.42. The quantitative estimate of drug-likeness (QED) is 0.139. The molecular formula is C36H26F4N2O6. The van der Waals surface area contributed by atoms with Gasteiger partial charge in [0, 0.05) is 34.2 Å². The van der Waals surface area contributed by atoms with Crippen LogP contribution in [0.4, 0.5) is 28.0 Å². The molecule has 6 aromatic rings. The summed E-state index contributed by atoms with van der Waals surface area (Å²) in [6.45, 7) is 0.303. The van der Waals surface area contributed by atoms with Crippen molar-refractivity contribution in [1.29, 1.82) is 0 Å². The maximum atomic E-state index is 14.2. The molecule has 244 valence electrons. The van der Waals surface area contributed by atoms with E-state index in [-0.39, 0.29) is 13.2 Å². The minimum atomic E-state index is -4.99. The second-order valence-corrected chi connectivity index (χ2v) is 10.4. The van der Waals surface area contributed by atoms with Crippen molar-refractivity contribution in [3.63, 3.8) is 0 Å².